The highest BCUT2D eigenvalue weighted by molar-refractivity contribution is 6.36. The largest absolute Gasteiger partial charge is 0.481 e. The standard InChI is InChI=1S/C32H35ClF6N4O4/c1-29(2,3)47-28(44)43-15-21(16-43)30(45,20-7-10-40-25(14-20)32(37,38)39)19-5-6-24-22(13-19)26(33)23(27(41-24)46-4)17-42-11-8-18(9-12-42)31(34,35)36/h5-7,10,13-14,18,21,45H,8-9,11-12,15-17H2,1-4H3. The molecule has 47 heavy (non-hydrogen) atoms. The molecule has 2 aliphatic heterocycles. The number of rotatable bonds is 6. The van der Waals surface area contributed by atoms with Crippen LogP contribution >= 0.6 is 11.6 Å². The lowest BCUT2D eigenvalue weighted by Crippen LogP contribution is -2.59. The molecule has 2 aliphatic rings. The Morgan fingerprint density at radius 3 is 2.21 bits per heavy atom. The molecule has 1 aromatic carbocycles. The molecule has 4 heterocycles. The van der Waals surface area contributed by atoms with Gasteiger partial charge in [0.05, 0.1) is 23.6 Å². The second kappa shape index (κ2) is 12.6. The van der Waals surface area contributed by atoms with Crippen LogP contribution in [0.4, 0.5) is 31.1 Å². The summed E-state index contributed by atoms with van der Waals surface area (Å²) in [6.07, 6.45) is -8.82. The number of piperidine rings is 1. The first-order valence-electron chi connectivity index (χ1n) is 15.0. The molecule has 1 atom stereocenters. The van der Waals surface area contributed by atoms with E-state index in [9.17, 15) is 36.2 Å². The third kappa shape index (κ3) is 7.24. The van der Waals surface area contributed by atoms with E-state index in [1.54, 1.807) is 26.8 Å². The van der Waals surface area contributed by atoms with Crippen molar-refractivity contribution in [3.63, 3.8) is 0 Å². The highest BCUT2D eigenvalue weighted by Crippen LogP contribution is 2.45. The van der Waals surface area contributed by atoms with E-state index in [4.69, 9.17) is 21.1 Å². The number of carbonyl (C=O) groups excluding carboxylic acids is 1. The summed E-state index contributed by atoms with van der Waals surface area (Å²) in [7, 11) is 1.39. The Morgan fingerprint density at radius 2 is 1.64 bits per heavy atom. The number of aliphatic hydroxyl groups is 1. The van der Waals surface area contributed by atoms with Crippen LogP contribution in [0.2, 0.25) is 5.02 Å². The zero-order chi connectivity index (χ0) is 34.5. The van der Waals surface area contributed by atoms with Crippen LogP contribution in [0, 0.1) is 11.8 Å². The van der Waals surface area contributed by atoms with E-state index >= 15 is 0 Å². The Hall–Kier alpha value is -3.36. The Balaban J connectivity index is 1.53. The summed E-state index contributed by atoms with van der Waals surface area (Å²) in [5.41, 5.74) is -3.09. The van der Waals surface area contributed by atoms with E-state index in [1.807, 2.05) is 4.90 Å². The van der Waals surface area contributed by atoms with Gasteiger partial charge < -0.3 is 19.5 Å². The maximum Gasteiger partial charge on any atom is 0.433 e. The molecule has 2 fully saturated rings. The van der Waals surface area contributed by atoms with Crippen LogP contribution in [0.3, 0.4) is 0 Å². The van der Waals surface area contributed by atoms with Gasteiger partial charge in [-0.2, -0.15) is 26.3 Å². The number of amides is 1. The summed E-state index contributed by atoms with van der Waals surface area (Å²) in [6.45, 7) is 5.60. The summed E-state index contributed by atoms with van der Waals surface area (Å²) >= 11 is 6.92. The molecule has 1 amide bonds. The monoisotopic (exact) mass is 688 g/mol. The van der Waals surface area contributed by atoms with Gasteiger partial charge in [-0.1, -0.05) is 17.7 Å². The lowest BCUT2D eigenvalue weighted by atomic mass is 9.72. The number of hydrogen-bond donors (Lipinski definition) is 1. The average molecular weight is 689 g/mol. The van der Waals surface area contributed by atoms with Crippen molar-refractivity contribution in [2.45, 2.75) is 63.7 Å². The van der Waals surface area contributed by atoms with E-state index in [0.29, 0.717) is 16.5 Å². The van der Waals surface area contributed by atoms with Crippen molar-refractivity contribution >= 4 is 28.6 Å². The minimum absolute atomic E-state index is 0.0130. The van der Waals surface area contributed by atoms with Crippen LogP contribution in [-0.4, -0.2) is 76.0 Å². The molecule has 1 unspecified atom stereocenters. The minimum atomic E-state index is -4.78. The number of aromatic nitrogens is 2. The molecule has 1 N–H and O–H groups in total. The fourth-order valence-corrected chi connectivity index (χ4v) is 6.40. The van der Waals surface area contributed by atoms with Gasteiger partial charge in [-0.25, -0.2) is 9.78 Å². The highest BCUT2D eigenvalue weighted by Gasteiger charge is 2.50. The van der Waals surface area contributed by atoms with Crippen LogP contribution in [0.1, 0.15) is 56.0 Å². The van der Waals surface area contributed by atoms with Gasteiger partial charge in [-0.3, -0.25) is 9.88 Å². The molecule has 0 radical (unpaired) electrons. The quantitative estimate of drug-likeness (QED) is 0.275. The minimum Gasteiger partial charge on any atom is -0.481 e. The van der Waals surface area contributed by atoms with Crippen molar-refractivity contribution < 1.29 is 45.7 Å². The van der Waals surface area contributed by atoms with Gasteiger partial charge in [0, 0.05) is 42.7 Å². The lowest BCUT2D eigenvalue weighted by Gasteiger charge is -2.48. The molecular formula is C32H35ClF6N4O4. The SMILES string of the molecule is COc1nc2ccc(C(O)(c3ccnc(C(F)(F)F)c3)C3CN(C(=O)OC(C)(C)C)C3)cc2c(Cl)c1CN1CCC(C(F)(F)F)CC1. The maximum absolute atomic E-state index is 13.7. The van der Waals surface area contributed by atoms with Crippen LogP contribution in [-0.2, 0) is 23.1 Å². The van der Waals surface area contributed by atoms with Crippen LogP contribution in [0.15, 0.2) is 36.5 Å². The lowest BCUT2D eigenvalue weighted by molar-refractivity contribution is -0.185. The Kier molecular flexibility index (Phi) is 9.36. The number of ether oxygens (including phenoxy) is 2. The van der Waals surface area contributed by atoms with Gasteiger partial charge >= 0.3 is 18.4 Å². The zero-order valence-electron chi connectivity index (χ0n) is 26.2. The van der Waals surface area contributed by atoms with E-state index in [1.165, 1.54) is 30.2 Å². The molecule has 0 bridgehead atoms. The van der Waals surface area contributed by atoms with Crippen LogP contribution in [0.5, 0.6) is 5.88 Å². The number of halogens is 7. The number of carbonyl (C=O) groups is 1. The zero-order valence-corrected chi connectivity index (χ0v) is 26.9. The average Bonchev–Trinajstić information content (AvgIpc) is 2.96. The molecule has 3 aromatic rings. The van der Waals surface area contributed by atoms with Crippen molar-refractivity contribution in [2.75, 3.05) is 33.3 Å². The number of methoxy groups -OCH3 is 1. The van der Waals surface area contributed by atoms with E-state index < -0.39 is 47.2 Å². The van der Waals surface area contributed by atoms with Crippen LogP contribution in [0.25, 0.3) is 10.9 Å². The molecule has 8 nitrogen and oxygen atoms in total. The third-order valence-electron chi connectivity index (χ3n) is 8.66. The summed E-state index contributed by atoms with van der Waals surface area (Å²) < 4.78 is 91.7. The highest BCUT2D eigenvalue weighted by atomic mass is 35.5. The van der Waals surface area contributed by atoms with Crippen molar-refractivity contribution in [3.05, 3.63) is 63.9 Å². The van der Waals surface area contributed by atoms with Gasteiger partial charge in [0.15, 0.2) is 0 Å². The van der Waals surface area contributed by atoms with Crippen molar-refractivity contribution in [3.8, 4) is 5.88 Å². The molecule has 0 aliphatic carbocycles. The van der Waals surface area contributed by atoms with Gasteiger partial charge in [-0.15, -0.1) is 0 Å². The number of likely N-dealkylation sites (tertiary alicyclic amines) is 2. The first-order chi connectivity index (χ1) is 21.8. The van der Waals surface area contributed by atoms with E-state index in [-0.39, 0.29) is 67.6 Å². The Labute approximate surface area is 272 Å². The summed E-state index contributed by atoms with van der Waals surface area (Å²) in [5.74, 6) is -1.94. The van der Waals surface area contributed by atoms with Gasteiger partial charge in [0.2, 0.25) is 5.88 Å². The predicted octanol–water partition coefficient (Wildman–Crippen LogP) is 7.19. The fraction of sp³-hybridized carbons (Fsp3) is 0.531. The Morgan fingerprint density at radius 1 is 1.00 bits per heavy atom. The summed E-state index contributed by atoms with van der Waals surface area (Å²) in [6, 6.07) is 6.69. The number of hydrogen-bond acceptors (Lipinski definition) is 7. The topological polar surface area (TPSA) is 88.0 Å². The molecule has 2 aromatic heterocycles. The summed E-state index contributed by atoms with van der Waals surface area (Å²) in [4.78, 5) is 23.9. The number of alkyl halides is 6. The number of pyridine rings is 2. The normalized spacial score (nSPS) is 18.6. The molecule has 2 saturated heterocycles. The van der Waals surface area contributed by atoms with Gasteiger partial charge in [-0.05, 0) is 82.1 Å². The number of fused-ring (bicyclic) bond motifs is 1. The van der Waals surface area contributed by atoms with E-state index in [0.717, 1.165) is 12.3 Å². The number of benzene rings is 1. The second-order valence-electron chi connectivity index (χ2n) is 13.0. The van der Waals surface area contributed by atoms with Crippen molar-refractivity contribution in [1.29, 1.82) is 0 Å². The molecule has 0 spiro atoms. The van der Waals surface area contributed by atoms with E-state index in [2.05, 4.69) is 9.97 Å². The predicted molar refractivity (Wildman–Crippen MR) is 161 cm³/mol. The third-order valence-corrected chi connectivity index (χ3v) is 9.09. The Bertz CT molecular complexity index is 1630. The van der Waals surface area contributed by atoms with Crippen LogP contribution < -0.4 is 4.74 Å². The molecular weight excluding hydrogens is 654 g/mol. The van der Waals surface area contributed by atoms with Crippen molar-refractivity contribution in [1.82, 2.24) is 19.8 Å². The molecule has 5 rings (SSSR count). The van der Waals surface area contributed by atoms with Crippen molar-refractivity contribution in [2.24, 2.45) is 11.8 Å². The molecule has 256 valence electrons. The first kappa shape index (κ1) is 35.0. The fourth-order valence-electron chi connectivity index (χ4n) is 6.11. The van der Waals surface area contributed by atoms with Gasteiger partial charge in [0.1, 0.15) is 16.9 Å². The van der Waals surface area contributed by atoms with Gasteiger partial charge in [0.25, 0.3) is 0 Å². The molecule has 0 saturated carbocycles. The summed E-state index contributed by atoms with van der Waals surface area (Å²) in [5, 5.41) is 12.9. The second-order valence-corrected chi connectivity index (χ2v) is 13.4. The smallest absolute Gasteiger partial charge is 0.433 e. The molecule has 15 heteroatoms. The maximum atomic E-state index is 13.7. The first-order valence-corrected chi connectivity index (χ1v) is 15.4. The number of nitrogens with zero attached hydrogens (tertiary/aromatic N) is 4.